The first-order valence-corrected chi connectivity index (χ1v) is 6.58. The van der Waals surface area contributed by atoms with Gasteiger partial charge in [0.15, 0.2) is 11.4 Å². The lowest BCUT2D eigenvalue weighted by molar-refractivity contribution is -0.389. The highest BCUT2D eigenvalue weighted by molar-refractivity contribution is 6.04. The summed E-state index contributed by atoms with van der Waals surface area (Å²) in [5, 5.41) is 10.8. The molecule has 2 rings (SSSR count). The van der Waals surface area contributed by atoms with E-state index in [1.807, 2.05) is 0 Å². The Morgan fingerprint density at radius 1 is 1.50 bits per heavy atom. The minimum atomic E-state index is -1.21. The number of nitro groups is 1. The van der Waals surface area contributed by atoms with Crippen LogP contribution in [0.15, 0.2) is 12.1 Å². The Labute approximate surface area is 126 Å². The summed E-state index contributed by atoms with van der Waals surface area (Å²) in [7, 11) is 0. The third kappa shape index (κ3) is 2.83. The van der Waals surface area contributed by atoms with Crippen molar-refractivity contribution in [1.29, 1.82) is 0 Å². The summed E-state index contributed by atoms with van der Waals surface area (Å²) in [4.78, 5) is 39.1. The number of ether oxygens (including phenoxy) is 2. The molecule has 1 aromatic heterocycles. The van der Waals surface area contributed by atoms with Gasteiger partial charge in [0.1, 0.15) is 6.54 Å². The van der Waals surface area contributed by atoms with E-state index >= 15 is 0 Å². The number of esters is 1. The number of rotatable bonds is 4. The molecule has 0 unspecified atom stereocenters. The van der Waals surface area contributed by atoms with Gasteiger partial charge in [-0.3, -0.25) is 14.5 Å². The van der Waals surface area contributed by atoms with E-state index in [1.54, 1.807) is 6.92 Å². The monoisotopic (exact) mass is 309 g/mol. The maximum Gasteiger partial charge on any atom is 0.366 e. The minimum Gasteiger partial charge on any atom is -0.472 e. The number of carbonyl (C=O) groups is 2. The van der Waals surface area contributed by atoms with Crippen molar-refractivity contribution in [2.45, 2.75) is 26.4 Å². The van der Waals surface area contributed by atoms with Crippen LogP contribution < -0.4 is 9.64 Å². The average Bonchev–Trinajstić information content (AvgIpc) is 2.43. The lowest BCUT2D eigenvalue weighted by atomic mass is 10.1. The molecule has 9 heteroatoms. The molecule has 0 bridgehead atoms. The highest BCUT2D eigenvalue weighted by Crippen LogP contribution is 2.37. The molecule has 0 radical (unpaired) electrons. The van der Waals surface area contributed by atoms with Gasteiger partial charge in [-0.1, -0.05) is 0 Å². The predicted molar refractivity (Wildman–Crippen MR) is 74.6 cm³/mol. The van der Waals surface area contributed by atoms with E-state index < -0.39 is 28.2 Å². The van der Waals surface area contributed by atoms with Gasteiger partial charge >= 0.3 is 11.8 Å². The van der Waals surface area contributed by atoms with Gasteiger partial charge in [0.25, 0.3) is 11.7 Å². The molecular formula is C13H15N3O6. The van der Waals surface area contributed by atoms with Crippen LogP contribution in [0.2, 0.25) is 0 Å². The molecule has 9 nitrogen and oxygen atoms in total. The fourth-order valence-electron chi connectivity index (χ4n) is 2.02. The molecule has 22 heavy (non-hydrogen) atoms. The van der Waals surface area contributed by atoms with Crippen molar-refractivity contribution < 1.29 is 24.0 Å². The molecule has 0 aliphatic carbocycles. The number of nitrogens with zero attached hydrogens (tertiary/aromatic N) is 3. The number of hydrogen-bond acceptors (Lipinski definition) is 7. The van der Waals surface area contributed by atoms with Crippen LogP contribution in [0.4, 0.5) is 11.6 Å². The second-order valence-electron chi connectivity index (χ2n) is 5.06. The molecule has 0 N–H and O–H groups in total. The molecule has 118 valence electrons. The zero-order valence-electron chi connectivity index (χ0n) is 12.4. The summed E-state index contributed by atoms with van der Waals surface area (Å²) in [5.74, 6) is -1.47. The molecule has 0 saturated heterocycles. The van der Waals surface area contributed by atoms with E-state index in [-0.39, 0.29) is 24.7 Å². The number of anilines is 1. The average molecular weight is 309 g/mol. The number of carbonyl (C=O) groups excluding carboxylic acids is 2. The number of fused-ring (bicyclic) bond motifs is 1. The number of pyridine rings is 1. The van der Waals surface area contributed by atoms with Crippen LogP contribution in [0.1, 0.15) is 20.8 Å². The van der Waals surface area contributed by atoms with Crippen LogP contribution >= 0.6 is 0 Å². The first-order valence-electron chi connectivity index (χ1n) is 6.58. The van der Waals surface area contributed by atoms with E-state index in [9.17, 15) is 19.7 Å². The van der Waals surface area contributed by atoms with Crippen LogP contribution in [0.3, 0.4) is 0 Å². The Kier molecular flexibility index (Phi) is 3.98. The van der Waals surface area contributed by atoms with E-state index in [0.29, 0.717) is 0 Å². The Hall–Kier alpha value is -2.71. The van der Waals surface area contributed by atoms with Crippen molar-refractivity contribution in [3.63, 3.8) is 0 Å². The Morgan fingerprint density at radius 2 is 2.18 bits per heavy atom. The first kappa shape index (κ1) is 15.7. The lowest BCUT2D eigenvalue weighted by Gasteiger charge is -2.35. The van der Waals surface area contributed by atoms with Crippen LogP contribution in [-0.2, 0) is 14.3 Å². The van der Waals surface area contributed by atoms with Gasteiger partial charge in [-0.15, -0.1) is 0 Å². The third-order valence-electron chi connectivity index (χ3n) is 2.99. The Morgan fingerprint density at radius 3 is 2.77 bits per heavy atom. The van der Waals surface area contributed by atoms with E-state index in [1.165, 1.54) is 26.0 Å². The molecule has 1 aliphatic heterocycles. The molecular weight excluding hydrogens is 294 g/mol. The van der Waals surface area contributed by atoms with Gasteiger partial charge in [0, 0.05) is 6.07 Å². The van der Waals surface area contributed by atoms with Crippen molar-refractivity contribution in [2.75, 3.05) is 18.1 Å². The summed E-state index contributed by atoms with van der Waals surface area (Å²) >= 11 is 0. The zero-order valence-corrected chi connectivity index (χ0v) is 12.4. The second kappa shape index (κ2) is 5.58. The number of amides is 1. The molecule has 0 saturated carbocycles. The van der Waals surface area contributed by atoms with E-state index in [2.05, 4.69) is 4.98 Å². The number of hydrogen-bond donors (Lipinski definition) is 0. The smallest absolute Gasteiger partial charge is 0.366 e. The van der Waals surface area contributed by atoms with Crippen molar-refractivity contribution in [1.82, 2.24) is 4.98 Å². The topological polar surface area (TPSA) is 112 Å². The highest BCUT2D eigenvalue weighted by atomic mass is 16.6. The highest BCUT2D eigenvalue weighted by Gasteiger charge is 2.45. The normalized spacial score (nSPS) is 15.8. The number of aromatic nitrogens is 1. The van der Waals surface area contributed by atoms with E-state index in [0.717, 1.165) is 4.90 Å². The fraction of sp³-hybridized carbons (Fsp3) is 0.462. The predicted octanol–water partition coefficient (Wildman–Crippen LogP) is 1.06. The Balaban J connectivity index is 2.46. The van der Waals surface area contributed by atoms with Crippen LogP contribution in [0.5, 0.6) is 5.75 Å². The third-order valence-corrected chi connectivity index (χ3v) is 2.99. The van der Waals surface area contributed by atoms with Crippen LogP contribution in [-0.4, -0.2) is 40.5 Å². The summed E-state index contributed by atoms with van der Waals surface area (Å²) in [6.45, 7) is 4.49. The first-order chi connectivity index (χ1) is 10.3. The standard InChI is InChI=1S/C13H15N3O6/c1-4-21-10(17)7-15-11-8(22-13(2,3)12(15)18)5-6-9(14-11)16(19)20/h5-6H,4,7H2,1-3H3. The summed E-state index contributed by atoms with van der Waals surface area (Å²) in [6, 6.07) is 2.53. The van der Waals surface area contributed by atoms with Crippen molar-refractivity contribution in [3.8, 4) is 5.75 Å². The van der Waals surface area contributed by atoms with Crippen molar-refractivity contribution in [3.05, 3.63) is 22.2 Å². The molecule has 2 heterocycles. The molecule has 1 aliphatic rings. The quantitative estimate of drug-likeness (QED) is 0.464. The van der Waals surface area contributed by atoms with Gasteiger partial charge in [-0.25, -0.2) is 0 Å². The van der Waals surface area contributed by atoms with Crippen LogP contribution in [0.25, 0.3) is 0 Å². The lowest BCUT2D eigenvalue weighted by Crippen LogP contribution is -2.54. The fourth-order valence-corrected chi connectivity index (χ4v) is 2.02. The van der Waals surface area contributed by atoms with Gasteiger partial charge in [-0.2, -0.15) is 0 Å². The SMILES string of the molecule is CCOC(=O)CN1C(=O)C(C)(C)Oc2ccc([N+](=O)[O-])nc21. The Bertz CT molecular complexity index is 643. The summed E-state index contributed by atoms with van der Waals surface area (Å²) in [6.07, 6.45) is 0. The van der Waals surface area contributed by atoms with Gasteiger partial charge in [0.05, 0.1) is 6.61 Å². The molecule has 0 atom stereocenters. The van der Waals surface area contributed by atoms with Crippen molar-refractivity contribution in [2.24, 2.45) is 0 Å². The molecule has 1 amide bonds. The largest absolute Gasteiger partial charge is 0.472 e. The molecule has 0 aromatic carbocycles. The second-order valence-corrected chi connectivity index (χ2v) is 5.06. The molecule has 1 aromatic rings. The maximum atomic E-state index is 12.4. The van der Waals surface area contributed by atoms with Gasteiger partial charge in [0.2, 0.25) is 0 Å². The van der Waals surface area contributed by atoms with Crippen molar-refractivity contribution >= 4 is 23.5 Å². The maximum absolute atomic E-state index is 12.4. The zero-order chi connectivity index (χ0) is 16.5. The van der Waals surface area contributed by atoms with Gasteiger partial charge in [-0.05, 0) is 36.7 Å². The van der Waals surface area contributed by atoms with Gasteiger partial charge < -0.3 is 19.6 Å². The minimum absolute atomic E-state index is 0.0634. The molecule has 0 spiro atoms. The summed E-state index contributed by atoms with van der Waals surface area (Å²) < 4.78 is 10.3. The van der Waals surface area contributed by atoms with E-state index in [4.69, 9.17) is 9.47 Å². The summed E-state index contributed by atoms with van der Waals surface area (Å²) in [5.41, 5.74) is -1.21. The van der Waals surface area contributed by atoms with Crippen LogP contribution in [0, 0.1) is 10.1 Å². The molecule has 0 fully saturated rings.